The van der Waals surface area contributed by atoms with Gasteiger partial charge in [0.25, 0.3) is 0 Å². The van der Waals surface area contributed by atoms with Crippen molar-refractivity contribution in [1.82, 2.24) is 9.97 Å². The molecular formula is C15H16N2OS. The number of fused-ring (bicyclic) bond motifs is 1. The van der Waals surface area contributed by atoms with Gasteiger partial charge < -0.3 is 5.11 Å². The molecule has 0 aliphatic heterocycles. The number of aryl methyl sites for hydroxylation is 1. The Morgan fingerprint density at radius 3 is 2.84 bits per heavy atom. The summed E-state index contributed by atoms with van der Waals surface area (Å²) < 4.78 is 0. The summed E-state index contributed by atoms with van der Waals surface area (Å²) in [6, 6.07) is 7.31. The predicted molar refractivity (Wildman–Crippen MR) is 75.5 cm³/mol. The van der Waals surface area contributed by atoms with Gasteiger partial charge in [0.05, 0.1) is 0 Å². The number of rotatable bonds is 2. The van der Waals surface area contributed by atoms with Crippen molar-refractivity contribution < 1.29 is 5.11 Å². The van der Waals surface area contributed by atoms with E-state index in [2.05, 4.69) is 9.97 Å². The van der Waals surface area contributed by atoms with Crippen LogP contribution in [-0.4, -0.2) is 15.1 Å². The molecule has 3 rings (SSSR count). The molecule has 0 fully saturated rings. The van der Waals surface area contributed by atoms with Crippen LogP contribution in [-0.2, 0) is 12.8 Å². The minimum Gasteiger partial charge on any atom is -0.508 e. The highest BCUT2D eigenvalue weighted by molar-refractivity contribution is 7.99. The van der Waals surface area contributed by atoms with Gasteiger partial charge in [-0.15, -0.1) is 0 Å². The van der Waals surface area contributed by atoms with E-state index in [0.29, 0.717) is 5.75 Å². The van der Waals surface area contributed by atoms with E-state index < -0.39 is 0 Å². The monoisotopic (exact) mass is 272 g/mol. The van der Waals surface area contributed by atoms with Crippen LogP contribution in [0.15, 0.2) is 40.5 Å². The number of aromatic hydroxyl groups is 1. The van der Waals surface area contributed by atoms with E-state index in [1.165, 1.54) is 30.5 Å². The first-order chi connectivity index (χ1) is 9.33. The van der Waals surface area contributed by atoms with Crippen LogP contribution in [0.1, 0.15) is 30.5 Å². The Bertz CT molecular complexity index is 586. The van der Waals surface area contributed by atoms with Crippen molar-refractivity contribution in [2.24, 2.45) is 0 Å². The van der Waals surface area contributed by atoms with Gasteiger partial charge in [0.15, 0.2) is 0 Å². The average molecular weight is 272 g/mol. The van der Waals surface area contributed by atoms with E-state index >= 15 is 0 Å². The summed E-state index contributed by atoms with van der Waals surface area (Å²) in [6.45, 7) is 0. The minimum absolute atomic E-state index is 0.296. The maximum absolute atomic E-state index is 9.53. The highest BCUT2D eigenvalue weighted by Gasteiger charge is 2.15. The molecule has 1 aromatic carbocycles. The van der Waals surface area contributed by atoms with Gasteiger partial charge >= 0.3 is 0 Å². The van der Waals surface area contributed by atoms with Gasteiger partial charge in [-0.3, -0.25) is 0 Å². The number of benzene rings is 1. The van der Waals surface area contributed by atoms with Crippen molar-refractivity contribution in [3.05, 3.63) is 41.9 Å². The van der Waals surface area contributed by atoms with Crippen LogP contribution in [0.2, 0.25) is 0 Å². The second kappa shape index (κ2) is 5.61. The largest absolute Gasteiger partial charge is 0.508 e. The molecule has 0 amide bonds. The van der Waals surface area contributed by atoms with E-state index in [9.17, 15) is 5.11 Å². The molecule has 0 unspecified atom stereocenters. The van der Waals surface area contributed by atoms with Crippen molar-refractivity contribution in [2.45, 2.75) is 42.0 Å². The zero-order valence-electron chi connectivity index (χ0n) is 10.7. The summed E-state index contributed by atoms with van der Waals surface area (Å²) >= 11 is 1.61. The number of hydrogen-bond donors (Lipinski definition) is 1. The van der Waals surface area contributed by atoms with Crippen molar-refractivity contribution in [2.75, 3.05) is 0 Å². The van der Waals surface area contributed by atoms with Crippen molar-refractivity contribution in [1.29, 1.82) is 0 Å². The third-order valence-corrected chi connectivity index (χ3v) is 4.40. The lowest BCUT2D eigenvalue weighted by molar-refractivity contribution is 0.474. The first-order valence-corrected chi connectivity index (χ1v) is 7.44. The third-order valence-electron chi connectivity index (χ3n) is 3.37. The molecule has 1 aromatic heterocycles. The molecule has 0 saturated heterocycles. The lowest BCUT2D eigenvalue weighted by atomic mass is 10.1. The van der Waals surface area contributed by atoms with Gasteiger partial charge in [-0.05, 0) is 43.9 Å². The van der Waals surface area contributed by atoms with Gasteiger partial charge in [-0.25, -0.2) is 9.97 Å². The Labute approximate surface area is 117 Å². The summed E-state index contributed by atoms with van der Waals surface area (Å²) in [7, 11) is 0. The topological polar surface area (TPSA) is 46.0 Å². The molecule has 4 heteroatoms. The van der Waals surface area contributed by atoms with E-state index in [1.54, 1.807) is 30.2 Å². The summed E-state index contributed by atoms with van der Waals surface area (Å²) in [5.74, 6) is 0.296. The van der Waals surface area contributed by atoms with Gasteiger partial charge in [0.1, 0.15) is 17.1 Å². The SMILES string of the molecule is Oc1cccc(Sc2ncnc3c2CCCCC3)c1. The minimum atomic E-state index is 0.296. The van der Waals surface area contributed by atoms with Crippen molar-refractivity contribution in [3.63, 3.8) is 0 Å². The van der Waals surface area contributed by atoms with Crippen LogP contribution in [0.5, 0.6) is 5.75 Å². The van der Waals surface area contributed by atoms with Crippen LogP contribution < -0.4 is 0 Å². The number of phenols is 1. The molecule has 98 valence electrons. The number of hydrogen-bond acceptors (Lipinski definition) is 4. The molecule has 0 saturated carbocycles. The van der Waals surface area contributed by atoms with E-state index in [1.807, 2.05) is 12.1 Å². The summed E-state index contributed by atoms with van der Waals surface area (Å²) in [5.41, 5.74) is 2.50. The van der Waals surface area contributed by atoms with Gasteiger partial charge in [-0.2, -0.15) is 0 Å². The highest BCUT2D eigenvalue weighted by atomic mass is 32.2. The standard InChI is InChI=1S/C15H16N2OS/c18-11-5-4-6-12(9-11)19-15-13-7-2-1-3-8-14(13)16-10-17-15/h4-6,9-10,18H,1-3,7-8H2. The molecule has 19 heavy (non-hydrogen) atoms. The molecule has 0 atom stereocenters. The molecule has 2 aromatic rings. The molecule has 1 aliphatic carbocycles. The number of aromatic nitrogens is 2. The summed E-state index contributed by atoms with van der Waals surface area (Å²) in [6.07, 6.45) is 7.50. The average Bonchev–Trinajstić information content (AvgIpc) is 2.65. The van der Waals surface area contributed by atoms with Crippen LogP contribution in [0.4, 0.5) is 0 Å². The van der Waals surface area contributed by atoms with Gasteiger partial charge in [0, 0.05) is 16.2 Å². The van der Waals surface area contributed by atoms with E-state index in [0.717, 1.165) is 22.8 Å². The first kappa shape index (κ1) is 12.5. The summed E-state index contributed by atoms with van der Waals surface area (Å²) in [4.78, 5) is 9.87. The highest BCUT2D eigenvalue weighted by Crippen LogP contribution is 2.33. The lowest BCUT2D eigenvalue weighted by Gasteiger charge is -2.09. The van der Waals surface area contributed by atoms with Crippen LogP contribution in [0.25, 0.3) is 0 Å². The number of phenolic OH excluding ortho intramolecular Hbond substituents is 1. The van der Waals surface area contributed by atoms with Gasteiger partial charge in [-0.1, -0.05) is 24.2 Å². The normalized spacial score (nSPS) is 14.7. The molecule has 1 aliphatic rings. The predicted octanol–water partition coefficient (Wildman–Crippen LogP) is 3.60. The Kier molecular flexibility index (Phi) is 3.69. The molecule has 0 spiro atoms. The fraction of sp³-hybridized carbons (Fsp3) is 0.333. The van der Waals surface area contributed by atoms with Gasteiger partial charge in [0.2, 0.25) is 0 Å². The Hall–Kier alpha value is -1.55. The Balaban J connectivity index is 1.93. The second-order valence-electron chi connectivity index (χ2n) is 4.76. The van der Waals surface area contributed by atoms with E-state index in [4.69, 9.17) is 0 Å². The quantitative estimate of drug-likeness (QED) is 0.670. The van der Waals surface area contributed by atoms with E-state index in [-0.39, 0.29) is 0 Å². The Morgan fingerprint density at radius 1 is 1.05 bits per heavy atom. The molecular weight excluding hydrogens is 256 g/mol. The zero-order valence-corrected chi connectivity index (χ0v) is 11.5. The van der Waals surface area contributed by atoms with Crippen molar-refractivity contribution >= 4 is 11.8 Å². The smallest absolute Gasteiger partial charge is 0.117 e. The number of nitrogens with zero attached hydrogens (tertiary/aromatic N) is 2. The first-order valence-electron chi connectivity index (χ1n) is 6.62. The molecule has 0 radical (unpaired) electrons. The Morgan fingerprint density at radius 2 is 1.95 bits per heavy atom. The second-order valence-corrected chi connectivity index (χ2v) is 5.83. The molecule has 1 N–H and O–H groups in total. The fourth-order valence-electron chi connectivity index (χ4n) is 2.41. The lowest BCUT2D eigenvalue weighted by Crippen LogP contribution is -1.99. The van der Waals surface area contributed by atoms with Crippen LogP contribution in [0.3, 0.4) is 0 Å². The van der Waals surface area contributed by atoms with Crippen LogP contribution in [0, 0.1) is 0 Å². The summed E-state index contributed by atoms with van der Waals surface area (Å²) in [5, 5.41) is 10.6. The molecule has 3 nitrogen and oxygen atoms in total. The fourth-order valence-corrected chi connectivity index (χ4v) is 3.41. The maximum atomic E-state index is 9.53. The molecule has 0 bridgehead atoms. The third kappa shape index (κ3) is 2.89. The zero-order chi connectivity index (χ0) is 13.1. The maximum Gasteiger partial charge on any atom is 0.117 e. The van der Waals surface area contributed by atoms with Crippen LogP contribution >= 0.6 is 11.8 Å². The van der Waals surface area contributed by atoms with Crippen molar-refractivity contribution in [3.8, 4) is 5.75 Å². The molecule has 1 heterocycles.